The first-order valence-corrected chi connectivity index (χ1v) is 9.81. The fraction of sp³-hybridized carbons (Fsp3) is 0.188. The monoisotopic (exact) mass is 422 g/mol. The smallest absolute Gasteiger partial charge is 0.247 e. The number of rotatable bonds is 5. The van der Waals surface area contributed by atoms with Gasteiger partial charge in [-0.15, -0.1) is 0 Å². The molecule has 0 radical (unpaired) electrons. The Hall–Kier alpha value is -1.90. The van der Waals surface area contributed by atoms with Gasteiger partial charge in [-0.1, -0.05) is 23.2 Å². The quantitative estimate of drug-likeness (QED) is 0.789. The van der Waals surface area contributed by atoms with Crippen molar-refractivity contribution in [2.24, 2.45) is 0 Å². The predicted molar refractivity (Wildman–Crippen MR) is 98.2 cm³/mol. The summed E-state index contributed by atoms with van der Waals surface area (Å²) in [6.07, 6.45) is 0.920. The maximum absolute atomic E-state index is 13.3. The molecule has 26 heavy (non-hydrogen) atoms. The Labute approximate surface area is 159 Å². The Morgan fingerprint density at radius 3 is 2.15 bits per heavy atom. The highest BCUT2D eigenvalue weighted by Crippen LogP contribution is 2.29. The first-order chi connectivity index (χ1) is 12.0. The van der Waals surface area contributed by atoms with Crippen molar-refractivity contribution >= 4 is 50.5 Å². The van der Waals surface area contributed by atoms with Gasteiger partial charge in [0.25, 0.3) is 0 Å². The third-order valence-electron chi connectivity index (χ3n) is 3.38. The lowest BCUT2D eigenvalue weighted by atomic mass is 10.2. The highest BCUT2D eigenvalue weighted by Gasteiger charge is 2.29. The number of carbonyl (C=O) groups excluding carboxylic acids is 1. The minimum absolute atomic E-state index is 0.0154. The number of halogens is 4. The molecule has 10 heteroatoms. The minimum Gasteiger partial charge on any atom is -0.324 e. The van der Waals surface area contributed by atoms with Crippen LogP contribution in [0.5, 0.6) is 0 Å². The van der Waals surface area contributed by atoms with Crippen LogP contribution in [0.3, 0.4) is 0 Å². The van der Waals surface area contributed by atoms with E-state index in [-0.39, 0.29) is 21.4 Å². The maximum atomic E-state index is 13.3. The van der Waals surface area contributed by atoms with Crippen molar-refractivity contribution in [1.29, 1.82) is 0 Å². The Bertz CT molecular complexity index is 934. The van der Waals surface area contributed by atoms with Crippen LogP contribution < -0.4 is 9.62 Å². The predicted octanol–water partition coefficient (Wildman–Crippen LogP) is 4.06. The van der Waals surface area contributed by atoms with Crippen molar-refractivity contribution in [1.82, 2.24) is 0 Å². The summed E-state index contributed by atoms with van der Waals surface area (Å²) in [5, 5.41) is 2.72. The molecule has 0 unspecified atom stereocenters. The Morgan fingerprint density at radius 1 is 1.08 bits per heavy atom. The first-order valence-electron chi connectivity index (χ1n) is 7.20. The van der Waals surface area contributed by atoms with Crippen molar-refractivity contribution in [2.45, 2.75) is 13.0 Å². The zero-order valence-corrected chi connectivity index (χ0v) is 16.0. The zero-order chi connectivity index (χ0) is 19.6. The highest BCUT2D eigenvalue weighted by atomic mass is 35.5. The Balaban J connectivity index is 2.35. The highest BCUT2D eigenvalue weighted by molar-refractivity contribution is 7.92. The lowest BCUT2D eigenvalue weighted by Crippen LogP contribution is -2.45. The van der Waals surface area contributed by atoms with E-state index < -0.39 is 33.6 Å². The summed E-state index contributed by atoms with van der Waals surface area (Å²) in [5.74, 6) is -2.96. The molecule has 2 rings (SSSR count). The topological polar surface area (TPSA) is 66.5 Å². The fourth-order valence-electron chi connectivity index (χ4n) is 2.30. The number of hydrogen-bond acceptors (Lipinski definition) is 3. The molecule has 5 nitrogen and oxygen atoms in total. The van der Waals surface area contributed by atoms with Crippen molar-refractivity contribution in [3.8, 4) is 0 Å². The summed E-state index contributed by atoms with van der Waals surface area (Å²) in [7, 11) is -3.88. The van der Waals surface area contributed by atoms with Crippen LogP contribution in [0.1, 0.15) is 6.92 Å². The molecule has 0 saturated heterocycles. The van der Waals surface area contributed by atoms with E-state index >= 15 is 0 Å². The summed E-state index contributed by atoms with van der Waals surface area (Å²) >= 11 is 11.8. The molecule has 0 fully saturated rings. The summed E-state index contributed by atoms with van der Waals surface area (Å²) < 4.78 is 51.5. The first kappa shape index (κ1) is 20.4. The third kappa shape index (κ3) is 4.84. The second kappa shape index (κ2) is 7.77. The molecule has 0 heterocycles. The van der Waals surface area contributed by atoms with Gasteiger partial charge in [-0.2, -0.15) is 0 Å². The van der Waals surface area contributed by atoms with E-state index in [2.05, 4.69) is 5.32 Å². The molecule has 0 saturated carbocycles. The Morgan fingerprint density at radius 2 is 1.65 bits per heavy atom. The maximum Gasteiger partial charge on any atom is 0.247 e. The summed E-state index contributed by atoms with van der Waals surface area (Å²) in [6.45, 7) is 1.34. The summed E-state index contributed by atoms with van der Waals surface area (Å²) in [5.41, 5.74) is 0.0799. The molecule has 1 atom stereocenters. The van der Waals surface area contributed by atoms with Gasteiger partial charge in [0.05, 0.1) is 11.9 Å². The van der Waals surface area contributed by atoms with Gasteiger partial charge in [0.15, 0.2) is 11.6 Å². The molecule has 2 aromatic rings. The van der Waals surface area contributed by atoms with E-state index in [1.54, 1.807) is 0 Å². The summed E-state index contributed by atoms with van der Waals surface area (Å²) in [6, 6.07) is 5.68. The van der Waals surface area contributed by atoms with Crippen LogP contribution >= 0.6 is 23.2 Å². The van der Waals surface area contributed by atoms with Crippen LogP contribution in [0.4, 0.5) is 20.2 Å². The largest absolute Gasteiger partial charge is 0.324 e. The second-order valence-electron chi connectivity index (χ2n) is 5.48. The number of benzene rings is 2. The molecular weight excluding hydrogens is 409 g/mol. The van der Waals surface area contributed by atoms with E-state index in [0.717, 1.165) is 28.8 Å². The van der Waals surface area contributed by atoms with Gasteiger partial charge >= 0.3 is 0 Å². The number of sulfonamides is 1. The van der Waals surface area contributed by atoms with Crippen molar-refractivity contribution in [3.63, 3.8) is 0 Å². The number of hydrogen-bond donors (Lipinski definition) is 1. The molecule has 1 N–H and O–H groups in total. The molecule has 0 bridgehead atoms. The van der Waals surface area contributed by atoms with E-state index in [1.807, 2.05) is 0 Å². The van der Waals surface area contributed by atoms with Crippen molar-refractivity contribution < 1.29 is 22.0 Å². The van der Waals surface area contributed by atoms with Gasteiger partial charge in [0, 0.05) is 21.8 Å². The molecule has 0 spiro atoms. The van der Waals surface area contributed by atoms with Gasteiger partial charge < -0.3 is 5.32 Å². The van der Waals surface area contributed by atoms with Crippen LogP contribution in [-0.2, 0) is 14.8 Å². The number of anilines is 2. The number of carbonyl (C=O) groups is 1. The SMILES string of the molecule is C[C@H](C(=O)Nc1ccc(F)c(F)c1)N(c1cc(Cl)cc(Cl)c1)S(C)(=O)=O. The number of nitrogens with zero attached hydrogens (tertiary/aromatic N) is 1. The van der Waals surface area contributed by atoms with Crippen LogP contribution in [0, 0.1) is 11.6 Å². The fourth-order valence-corrected chi connectivity index (χ4v) is 3.97. The molecule has 0 aromatic heterocycles. The second-order valence-corrected chi connectivity index (χ2v) is 8.21. The van der Waals surface area contributed by atoms with Gasteiger partial charge in [-0.05, 0) is 37.3 Å². The molecule has 0 aliphatic rings. The van der Waals surface area contributed by atoms with Crippen molar-refractivity contribution in [2.75, 3.05) is 15.9 Å². The van der Waals surface area contributed by atoms with Gasteiger partial charge in [0.2, 0.25) is 15.9 Å². The van der Waals surface area contributed by atoms with Gasteiger partial charge in [0.1, 0.15) is 6.04 Å². The van der Waals surface area contributed by atoms with Crippen molar-refractivity contribution in [3.05, 3.63) is 58.1 Å². The normalized spacial score (nSPS) is 12.5. The third-order valence-corrected chi connectivity index (χ3v) is 5.06. The van der Waals surface area contributed by atoms with Crippen LogP contribution in [0.25, 0.3) is 0 Å². The van der Waals surface area contributed by atoms with E-state index in [4.69, 9.17) is 23.2 Å². The lowest BCUT2D eigenvalue weighted by Gasteiger charge is -2.28. The van der Waals surface area contributed by atoms with Gasteiger partial charge in [-0.25, -0.2) is 17.2 Å². The molecule has 1 amide bonds. The van der Waals surface area contributed by atoms with Crippen LogP contribution in [0.15, 0.2) is 36.4 Å². The number of nitrogens with one attached hydrogen (secondary N) is 1. The molecule has 140 valence electrons. The van der Waals surface area contributed by atoms with E-state index in [0.29, 0.717) is 0 Å². The van der Waals surface area contributed by atoms with Crippen LogP contribution in [0.2, 0.25) is 10.0 Å². The molecule has 0 aliphatic carbocycles. The standard InChI is InChI=1S/C16H14Cl2F2N2O3S/c1-9(16(23)21-12-3-4-14(19)15(20)8-12)22(26(2,24)25)13-6-10(17)5-11(18)7-13/h3-9H,1-2H3,(H,21,23)/t9-/m1/s1. The minimum atomic E-state index is -3.88. The number of amides is 1. The Kier molecular flexibility index (Phi) is 6.10. The summed E-state index contributed by atoms with van der Waals surface area (Å²) in [4.78, 5) is 12.4. The van der Waals surface area contributed by atoms with E-state index in [9.17, 15) is 22.0 Å². The van der Waals surface area contributed by atoms with E-state index in [1.165, 1.54) is 25.1 Å². The zero-order valence-electron chi connectivity index (χ0n) is 13.6. The average Bonchev–Trinajstić information content (AvgIpc) is 2.48. The lowest BCUT2D eigenvalue weighted by molar-refractivity contribution is -0.116. The molecule has 2 aromatic carbocycles. The van der Waals surface area contributed by atoms with Gasteiger partial charge in [-0.3, -0.25) is 9.10 Å². The molecular formula is C16H14Cl2F2N2O3S. The molecule has 0 aliphatic heterocycles. The van der Waals surface area contributed by atoms with Crippen LogP contribution in [-0.4, -0.2) is 26.6 Å². The average molecular weight is 423 g/mol.